The minimum absolute atomic E-state index is 0.463. The molecule has 0 amide bonds. The monoisotopic (exact) mass is 399 g/mol. The van der Waals surface area contributed by atoms with Crippen LogP contribution in [0.4, 0.5) is 0 Å². The van der Waals surface area contributed by atoms with Crippen molar-refractivity contribution in [1.82, 2.24) is 10.6 Å². The Labute approximate surface area is 172 Å². The van der Waals surface area contributed by atoms with E-state index in [0.29, 0.717) is 42.9 Å². The molecule has 0 spiro atoms. The maximum Gasteiger partial charge on any atom is 0.203 e. The minimum atomic E-state index is 0.463. The number of nitrogens with zero attached hydrogens (tertiary/aromatic N) is 1. The fourth-order valence-corrected chi connectivity index (χ4v) is 2.76. The topological polar surface area (TPSA) is 73.3 Å². The second-order valence-electron chi connectivity index (χ2n) is 6.02. The molecule has 0 heterocycles. The first-order valence-corrected chi connectivity index (χ1v) is 9.21. The Morgan fingerprint density at radius 2 is 1.62 bits per heavy atom. The maximum atomic E-state index is 5.70. The van der Waals surface area contributed by atoms with Gasteiger partial charge >= 0.3 is 0 Å². The van der Waals surface area contributed by atoms with Gasteiger partial charge in [-0.1, -0.05) is 30.9 Å². The smallest absolute Gasteiger partial charge is 0.203 e. The lowest BCUT2D eigenvalue weighted by Gasteiger charge is -2.16. The van der Waals surface area contributed by atoms with Crippen LogP contribution >= 0.6 is 0 Å². The molecule has 2 aromatic carbocycles. The highest BCUT2D eigenvalue weighted by Gasteiger charge is 2.13. The summed E-state index contributed by atoms with van der Waals surface area (Å²) >= 11 is 0. The van der Waals surface area contributed by atoms with Crippen molar-refractivity contribution in [2.75, 3.05) is 35.0 Å². The standard InChI is InChI=1S/C22H29N3O4/c1-6-11-29-18-10-8-7-9-17(18)15-25-22(23-2)24-14-16-12-19(26-3)21(28-5)20(13-16)27-4/h6-10,12-13H,1,11,14-15H2,2-5H3,(H2,23,24,25). The van der Waals surface area contributed by atoms with Gasteiger partial charge in [-0.25, -0.2) is 0 Å². The first-order chi connectivity index (χ1) is 14.2. The van der Waals surface area contributed by atoms with Crippen molar-refractivity contribution >= 4 is 5.96 Å². The molecule has 2 aromatic rings. The van der Waals surface area contributed by atoms with Gasteiger partial charge in [-0.05, 0) is 23.8 Å². The average Bonchev–Trinajstić information content (AvgIpc) is 2.77. The molecule has 0 aliphatic carbocycles. The summed E-state index contributed by atoms with van der Waals surface area (Å²) in [5, 5.41) is 6.59. The molecule has 0 radical (unpaired) electrons. The molecule has 0 bridgehead atoms. The van der Waals surface area contributed by atoms with E-state index in [1.165, 1.54) is 0 Å². The van der Waals surface area contributed by atoms with Gasteiger partial charge in [-0.3, -0.25) is 4.99 Å². The van der Waals surface area contributed by atoms with E-state index in [2.05, 4.69) is 22.2 Å². The van der Waals surface area contributed by atoms with Crippen LogP contribution in [-0.2, 0) is 13.1 Å². The lowest BCUT2D eigenvalue weighted by Crippen LogP contribution is -2.36. The number of methoxy groups -OCH3 is 3. The molecule has 0 aromatic heterocycles. The molecule has 0 aliphatic rings. The molecule has 0 atom stereocenters. The molecular formula is C22H29N3O4. The molecule has 29 heavy (non-hydrogen) atoms. The number of hydrogen-bond donors (Lipinski definition) is 2. The van der Waals surface area contributed by atoms with Gasteiger partial charge < -0.3 is 29.6 Å². The Bertz CT molecular complexity index is 812. The average molecular weight is 399 g/mol. The Morgan fingerprint density at radius 1 is 0.966 bits per heavy atom. The van der Waals surface area contributed by atoms with Gasteiger partial charge in [-0.2, -0.15) is 0 Å². The van der Waals surface area contributed by atoms with E-state index in [1.54, 1.807) is 34.5 Å². The summed E-state index contributed by atoms with van der Waals surface area (Å²) in [4.78, 5) is 4.28. The van der Waals surface area contributed by atoms with E-state index in [4.69, 9.17) is 18.9 Å². The number of guanidine groups is 1. The first kappa shape index (κ1) is 21.9. The zero-order chi connectivity index (χ0) is 21.1. The number of para-hydroxylation sites is 1. The molecule has 7 heteroatoms. The van der Waals surface area contributed by atoms with Gasteiger partial charge in [0.15, 0.2) is 17.5 Å². The Kier molecular flexibility index (Phi) is 8.69. The van der Waals surface area contributed by atoms with Crippen molar-refractivity contribution in [3.8, 4) is 23.0 Å². The van der Waals surface area contributed by atoms with Crippen molar-refractivity contribution < 1.29 is 18.9 Å². The zero-order valence-corrected chi connectivity index (χ0v) is 17.5. The second kappa shape index (κ2) is 11.5. The number of benzene rings is 2. The van der Waals surface area contributed by atoms with Crippen LogP contribution in [0.5, 0.6) is 23.0 Å². The van der Waals surface area contributed by atoms with Crippen LogP contribution in [0.15, 0.2) is 54.0 Å². The van der Waals surface area contributed by atoms with Crippen LogP contribution in [0.2, 0.25) is 0 Å². The molecule has 7 nitrogen and oxygen atoms in total. The predicted octanol–water partition coefficient (Wildman–Crippen LogP) is 3.14. The Hall–Kier alpha value is -3.35. The third kappa shape index (κ3) is 6.07. The van der Waals surface area contributed by atoms with Gasteiger partial charge in [0.1, 0.15) is 12.4 Å². The molecule has 0 fully saturated rings. The van der Waals surface area contributed by atoms with Crippen LogP contribution in [0.25, 0.3) is 0 Å². The molecule has 156 valence electrons. The van der Waals surface area contributed by atoms with Gasteiger partial charge in [0, 0.05) is 25.7 Å². The van der Waals surface area contributed by atoms with E-state index in [1.807, 2.05) is 36.4 Å². The van der Waals surface area contributed by atoms with Crippen LogP contribution in [0, 0.1) is 0 Å². The quantitative estimate of drug-likeness (QED) is 0.363. The SMILES string of the molecule is C=CCOc1ccccc1CNC(=NC)NCc1cc(OC)c(OC)c(OC)c1. The summed E-state index contributed by atoms with van der Waals surface area (Å²) in [5.74, 6) is 3.27. The molecule has 0 saturated heterocycles. The van der Waals surface area contributed by atoms with E-state index in [-0.39, 0.29) is 0 Å². The summed E-state index contributed by atoms with van der Waals surface area (Å²) in [6, 6.07) is 11.7. The summed E-state index contributed by atoms with van der Waals surface area (Å²) in [6.07, 6.45) is 1.72. The van der Waals surface area contributed by atoms with Crippen molar-refractivity contribution in [1.29, 1.82) is 0 Å². The summed E-state index contributed by atoms with van der Waals surface area (Å²) < 4.78 is 21.9. The van der Waals surface area contributed by atoms with Gasteiger partial charge in [0.2, 0.25) is 5.75 Å². The van der Waals surface area contributed by atoms with E-state index >= 15 is 0 Å². The van der Waals surface area contributed by atoms with Crippen molar-refractivity contribution in [3.05, 3.63) is 60.2 Å². The molecular weight excluding hydrogens is 370 g/mol. The van der Waals surface area contributed by atoms with Gasteiger partial charge in [0.25, 0.3) is 0 Å². The maximum absolute atomic E-state index is 5.70. The number of nitrogens with one attached hydrogen (secondary N) is 2. The highest BCUT2D eigenvalue weighted by molar-refractivity contribution is 5.79. The van der Waals surface area contributed by atoms with E-state index < -0.39 is 0 Å². The molecule has 0 saturated carbocycles. The fourth-order valence-electron chi connectivity index (χ4n) is 2.76. The second-order valence-corrected chi connectivity index (χ2v) is 6.02. The molecule has 2 rings (SSSR count). The molecule has 0 aliphatic heterocycles. The van der Waals surface area contributed by atoms with Crippen molar-refractivity contribution in [3.63, 3.8) is 0 Å². The highest BCUT2D eigenvalue weighted by Crippen LogP contribution is 2.38. The summed E-state index contributed by atoms with van der Waals surface area (Å²) in [7, 11) is 6.51. The lowest BCUT2D eigenvalue weighted by atomic mass is 10.1. The normalized spacial score (nSPS) is 10.8. The molecule has 2 N–H and O–H groups in total. The number of rotatable bonds is 10. The van der Waals surface area contributed by atoms with E-state index in [9.17, 15) is 0 Å². The number of aliphatic imine (C=N–C) groups is 1. The first-order valence-electron chi connectivity index (χ1n) is 9.21. The molecule has 0 unspecified atom stereocenters. The number of hydrogen-bond acceptors (Lipinski definition) is 5. The Balaban J connectivity index is 2.02. The predicted molar refractivity (Wildman–Crippen MR) is 115 cm³/mol. The van der Waals surface area contributed by atoms with Gasteiger partial charge in [0.05, 0.1) is 21.3 Å². The van der Waals surface area contributed by atoms with Crippen molar-refractivity contribution in [2.24, 2.45) is 4.99 Å². The van der Waals surface area contributed by atoms with Crippen LogP contribution in [-0.4, -0.2) is 40.9 Å². The van der Waals surface area contributed by atoms with Crippen LogP contribution < -0.4 is 29.6 Å². The fraction of sp³-hybridized carbons (Fsp3) is 0.318. The highest BCUT2D eigenvalue weighted by atomic mass is 16.5. The zero-order valence-electron chi connectivity index (χ0n) is 17.5. The third-order valence-electron chi connectivity index (χ3n) is 4.18. The summed E-state index contributed by atoms with van der Waals surface area (Å²) in [5.41, 5.74) is 2.00. The van der Waals surface area contributed by atoms with E-state index in [0.717, 1.165) is 16.9 Å². The largest absolute Gasteiger partial charge is 0.493 e. The van der Waals surface area contributed by atoms with Gasteiger partial charge in [-0.15, -0.1) is 0 Å². The third-order valence-corrected chi connectivity index (χ3v) is 4.18. The van der Waals surface area contributed by atoms with Crippen LogP contribution in [0.3, 0.4) is 0 Å². The summed E-state index contributed by atoms with van der Waals surface area (Å²) in [6.45, 7) is 5.25. The van der Waals surface area contributed by atoms with Crippen LogP contribution in [0.1, 0.15) is 11.1 Å². The number of ether oxygens (including phenoxy) is 4. The lowest BCUT2D eigenvalue weighted by molar-refractivity contribution is 0.323. The minimum Gasteiger partial charge on any atom is -0.493 e. The Morgan fingerprint density at radius 3 is 2.21 bits per heavy atom. The van der Waals surface area contributed by atoms with Crippen molar-refractivity contribution in [2.45, 2.75) is 13.1 Å².